The molecule has 0 bridgehead atoms. The molecule has 0 radical (unpaired) electrons. The fraction of sp³-hybridized carbons (Fsp3) is 0.500. The zero-order chi connectivity index (χ0) is 10.9. The van der Waals surface area contributed by atoms with Gasteiger partial charge in [-0.1, -0.05) is 23.7 Å². The number of halogens is 1. The average Bonchev–Trinajstić information content (AvgIpc) is 2.96. The maximum atomic E-state index is 6.19. The largest absolute Gasteiger partial charge is 0.495 e. The molecule has 0 saturated heterocycles. The lowest BCUT2D eigenvalue weighted by molar-refractivity contribution is 0.414. The highest BCUT2D eigenvalue weighted by molar-refractivity contribution is 6.32. The van der Waals surface area contributed by atoms with E-state index in [1.807, 2.05) is 18.2 Å². The predicted octanol–water partition coefficient (Wildman–Crippen LogP) is 2.77. The zero-order valence-electron chi connectivity index (χ0n) is 8.92. The van der Waals surface area contributed by atoms with Crippen LogP contribution in [0.4, 0.5) is 0 Å². The molecule has 2 rings (SSSR count). The normalized spacial score (nSPS) is 17.5. The van der Waals surface area contributed by atoms with Crippen molar-refractivity contribution in [1.82, 2.24) is 0 Å². The van der Waals surface area contributed by atoms with Crippen LogP contribution in [0, 0.1) is 0 Å². The molecule has 1 aliphatic rings. The quantitative estimate of drug-likeness (QED) is 0.855. The van der Waals surface area contributed by atoms with Crippen molar-refractivity contribution in [1.29, 1.82) is 0 Å². The van der Waals surface area contributed by atoms with Gasteiger partial charge in [0.15, 0.2) is 0 Å². The van der Waals surface area contributed by atoms with E-state index in [-0.39, 0.29) is 5.54 Å². The fourth-order valence-electron chi connectivity index (χ4n) is 1.70. The van der Waals surface area contributed by atoms with Gasteiger partial charge in [0.25, 0.3) is 0 Å². The summed E-state index contributed by atoms with van der Waals surface area (Å²) in [7, 11) is 1.64. The summed E-state index contributed by atoms with van der Waals surface area (Å²) < 4.78 is 5.17. The van der Waals surface area contributed by atoms with Crippen LogP contribution >= 0.6 is 11.6 Å². The van der Waals surface area contributed by atoms with Gasteiger partial charge in [0, 0.05) is 5.54 Å². The first-order valence-electron chi connectivity index (χ1n) is 5.25. The molecule has 0 aliphatic heterocycles. The smallest absolute Gasteiger partial charge is 0.137 e. The van der Waals surface area contributed by atoms with Gasteiger partial charge in [-0.25, -0.2) is 0 Å². The monoisotopic (exact) mass is 225 g/mol. The van der Waals surface area contributed by atoms with Crippen LogP contribution in [0.5, 0.6) is 5.75 Å². The second kappa shape index (κ2) is 4.03. The molecule has 1 saturated carbocycles. The standard InChI is InChI=1S/C12H16ClNO/c1-15-10-4-2-3-9(11(10)13)5-6-12(14)7-8-12/h2-4H,5-8,14H2,1H3. The minimum absolute atomic E-state index is 0.0897. The molecule has 1 aromatic carbocycles. The van der Waals surface area contributed by atoms with Gasteiger partial charge in [-0.2, -0.15) is 0 Å². The molecule has 82 valence electrons. The van der Waals surface area contributed by atoms with Crippen molar-refractivity contribution < 1.29 is 4.74 Å². The fourth-order valence-corrected chi connectivity index (χ4v) is 2.00. The van der Waals surface area contributed by atoms with E-state index in [9.17, 15) is 0 Å². The van der Waals surface area contributed by atoms with Crippen molar-refractivity contribution in [2.75, 3.05) is 7.11 Å². The Kier molecular flexibility index (Phi) is 2.89. The zero-order valence-corrected chi connectivity index (χ0v) is 9.68. The van der Waals surface area contributed by atoms with E-state index in [0.29, 0.717) is 0 Å². The van der Waals surface area contributed by atoms with Crippen molar-refractivity contribution in [2.45, 2.75) is 31.2 Å². The van der Waals surface area contributed by atoms with E-state index in [1.54, 1.807) is 7.11 Å². The number of ether oxygens (including phenoxy) is 1. The lowest BCUT2D eigenvalue weighted by atomic mass is 10.0. The Labute approximate surface area is 95.4 Å². The topological polar surface area (TPSA) is 35.2 Å². The molecule has 2 nitrogen and oxygen atoms in total. The summed E-state index contributed by atoms with van der Waals surface area (Å²) in [6, 6.07) is 5.88. The first kappa shape index (κ1) is 10.8. The molecule has 1 fully saturated rings. The highest BCUT2D eigenvalue weighted by Gasteiger charge is 2.37. The summed E-state index contributed by atoms with van der Waals surface area (Å²) >= 11 is 6.19. The molecule has 1 aliphatic carbocycles. The Hall–Kier alpha value is -0.730. The Bertz CT molecular complexity index is 361. The third kappa shape index (κ3) is 2.44. The van der Waals surface area contributed by atoms with Crippen molar-refractivity contribution in [2.24, 2.45) is 5.73 Å². The Morgan fingerprint density at radius 1 is 1.47 bits per heavy atom. The van der Waals surface area contributed by atoms with Gasteiger partial charge in [-0.15, -0.1) is 0 Å². The Morgan fingerprint density at radius 3 is 2.80 bits per heavy atom. The van der Waals surface area contributed by atoms with Gasteiger partial charge in [0.1, 0.15) is 5.75 Å². The minimum Gasteiger partial charge on any atom is -0.495 e. The number of hydrogen-bond donors (Lipinski definition) is 1. The van der Waals surface area contributed by atoms with Crippen LogP contribution in [-0.4, -0.2) is 12.6 Å². The lowest BCUT2D eigenvalue weighted by Gasteiger charge is -2.11. The van der Waals surface area contributed by atoms with E-state index in [4.69, 9.17) is 22.1 Å². The third-order valence-corrected chi connectivity index (χ3v) is 3.48. The lowest BCUT2D eigenvalue weighted by Crippen LogP contribution is -2.22. The van der Waals surface area contributed by atoms with E-state index in [2.05, 4.69) is 0 Å². The van der Waals surface area contributed by atoms with Crippen LogP contribution in [0.15, 0.2) is 18.2 Å². The van der Waals surface area contributed by atoms with Crippen molar-refractivity contribution in [3.63, 3.8) is 0 Å². The third-order valence-electron chi connectivity index (χ3n) is 3.05. The second-order valence-electron chi connectivity index (χ2n) is 4.30. The molecule has 0 heterocycles. The van der Waals surface area contributed by atoms with Gasteiger partial charge in [0.2, 0.25) is 0 Å². The van der Waals surface area contributed by atoms with Crippen molar-refractivity contribution >= 4 is 11.6 Å². The summed E-state index contributed by atoms with van der Waals surface area (Å²) in [5.74, 6) is 0.746. The van der Waals surface area contributed by atoms with Gasteiger partial charge in [0.05, 0.1) is 12.1 Å². The first-order valence-corrected chi connectivity index (χ1v) is 5.63. The van der Waals surface area contributed by atoms with Gasteiger partial charge < -0.3 is 10.5 Å². The molecule has 0 spiro atoms. The molecule has 3 heteroatoms. The van der Waals surface area contributed by atoms with Crippen LogP contribution in [0.25, 0.3) is 0 Å². The van der Waals surface area contributed by atoms with E-state index in [1.165, 1.54) is 0 Å². The number of benzene rings is 1. The number of nitrogens with two attached hydrogens (primary N) is 1. The van der Waals surface area contributed by atoms with E-state index < -0.39 is 0 Å². The average molecular weight is 226 g/mol. The first-order chi connectivity index (χ1) is 7.14. The van der Waals surface area contributed by atoms with Gasteiger partial charge >= 0.3 is 0 Å². The molecule has 2 N–H and O–H groups in total. The van der Waals surface area contributed by atoms with Crippen LogP contribution in [0.3, 0.4) is 0 Å². The van der Waals surface area contributed by atoms with Crippen molar-refractivity contribution in [3.05, 3.63) is 28.8 Å². The van der Waals surface area contributed by atoms with Crippen LogP contribution in [0.1, 0.15) is 24.8 Å². The molecule has 0 unspecified atom stereocenters. The Balaban J connectivity index is 2.07. The summed E-state index contributed by atoms with van der Waals surface area (Å²) in [4.78, 5) is 0. The summed E-state index contributed by atoms with van der Waals surface area (Å²) in [6.45, 7) is 0. The molecule has 0 aromatic heterocycles. The highest BCUT2D eigenvalue weighted by atomic mass is 35.5. The molecule has 0 amide bonds. The van der Waals surface area contributed by atoms with Crippen LogP contribution in [-0.2, 0) is 6.42 Å². The van der Waals surface area contributed by atoms with Gasteiger partial charge in [-0.05, 0) is 37.3 Å². The molecular formula is C12H16ClNO. The molecule has 1 aromatic rings. The van der Waals surface area contributed by atoms with E-state index in [0.717, 1.165) is 42.0 Å². The molecule has 15 heavy (non-hydrogen) atoms. The predicted molar refractivity (Wildman–Crippen MR) is 62.5 cm³/mol. The number of methoxy groups -OCH3 is 1. The SMILES string of the molecule is COc1cccc(CCC2(N)CC2)c1Cl. The van der Waals surface area contributed by atoms with E-state index >= 15 is 0 Å². The maximum Gasteiger partial charge on any atom is 0.137 e. The minimum atomic E-state index is 0.0897. The number of hydrogen-bond acceptors (Lipinski definition) is 2. The summed E-state index contributed by atoms with van der Waals surface area (Å²) in [6.07, 6.45) is 4.25. The molecule has 0 atom stereocenters. The van der Waals surface area contributed by atoms with Gasteiger partial charge in [-0.3, -0.25) is 0 Å². The number of rotatable bonds is 4. The summed E-state index contributed by atoms with van der Waals surface area (Å²) in [5.41, 5.74) is 7.26. The Morgan fingerprint density at radius 2 is 2.20 bits per heavy atom. The maximum absolute atomic E-state index is 6.19. The molecular weight excluding hydrogens is 210 g/mol. The number of aryl methyl sites for hydroxylation is 1. The van der Waals surface area contributed by atoms with Crippen LogP contribution < -0.4 is 10.5 Å². The summed E-state index contributed by atoms with van der Waals surface area (Å²) in [5, 5.41) is 0.726. The second-order valence-corrected chi connectivity index (χ2v) is 4.67. The highest BCUT2D eigenvalue weighted by Crippen LogP contribution is 2.38. The van der Waals surface area contributed by atoms with Crippen LogP contribution in [0.2, 0.25) is 5.02 Å². The van der Waals surface area contributed by atoms with Crippen molar-refractivity contribution in [3.8, 4) is 5.75 Å².